The largest absolute Gasteiger partial charge is 0.457 e. The van der Waals surface area contributed by atoms with Crippen molar-refractivity contribution in [1.29, 1.82) is 0 Å². The Bertz CT molecular complexity index is 1130. The summed E-state index contributed by atoms with van der Waals surface area (Å²) in [5.74, 6) is -2.62. The SMILES string of the molecule is C=C(C)C(=O)OC(C)COC12c3ccccc3C(c3ccccc31)C1C(=O)OC(=O)C12C. The lowest BCUT2D eigenvalue weighted by molar-refractivity contribution is -0.183. The molecule has 6 heteroatoms. The van der Waals surface area contributed by atoms with Gasteiger partial charge in [0.25, 0.3) is 0 Å². The number of hydrogen-bond acceptors (Lipinski definition) is 6. The zero-order valence-corrected chi connectivity index (χ0v) is 18.2. The van der Waals surface area contributed by atoms with Crippen molar-refractivity contribution in [3.05, 3.63) is 82.9 Å². The Morgan fingerprint density at radius 3 is 2.22 bits per heavy atom. The van der Waals surface area contributed by atoms with Gasteiger partial charge in [0.15, 0.2) is 0 Å². The standard InChI is InChI=1S/C26H24O6/c1-14(2)22(27)31-15(3)13-30-26-18-11-7-5-9-16(18)20(17-10-6-8-12-19(17)26)21-23(28)32-24(29)25(21,26)4/h5-12,15,20-21H,1,13H2,2-4H3. The molecule has 0 spiro atoms. The first-order chi connectivity index (χ1) is 15.2. The highest BCUT2D eigenvalue weighted by Crippen LogP contribution is 2.69. The molecule has 6 nitrogen and oxygen atoms in total. The molecule has 3 unspecified atom stereocenters. The number of hydrogen-bond donors (Lipinski definition) is 0. The number of esters is 3. The molecule has 3 aliphatic carbocycles. The highest BCUT2D eigenvalue weighted by atomic mass is 16.6. The zero-order chi connectivity index (χ0) is 22.8. The molecule has 0 radical (unpaired) electrons. The van der Waals surface area contributed by atoms with E-state index in [4.69, 9.17) is 14.2 Å². The Balaban J connectivity index is 1.70. The topological polar surface area (TPSA) is 78.9 Å². The Morgan fingerprint density at radius 1 is 1.09 bits per heavy atom. The van der Waals surface area contributed by atoms with Gasteiger partial charge in [0.05, 0.1) is 12.5 Å². The molecule has 1 aliphatic heterocycles. The van der Waals surface area contributed by atoms with E-state index >= 15 is 0 Å². The average Bonchev–Trinajstić information content (AvgIpc) is 3.01. The van der Waals surface area contributed by atoms with Crippen molar-refractivity contribution in [2.45, 2.75) is 38.4 Å². The summed E-state index contributed by atoms with van der Waals surface area (Å²) in [4.78, 5) is 38.2. The van der Waals surface area contributed by atoms with Crippen LogP contribution in [0.25, 0.3) is 0 Å². The van der Waals surface area contributed by atoms with Gasteiger partial charge in [0.1, 0.15) is 17.1 Å². The van der Waals surface area contributed by atoms with Crippen LogP contribution in [0, 0.1) is 11.3 Å². The first-order valence-corrected chi connectivity index (χ1v) is 10.7. The molecular formula is C26H24O6. The fourth-order valence-corrected chi connectivity index (χ4v) is 5.73. The molecule has 1 fully saturated rings. The molecule has 4 aliphatic rings. The van der Waals surface area contributed by atoms with Crippen LogP contribution in [0.5, 0.6) is 0 Å². The molecule has 3 atom stereocenters. The summed E-state index contributed by atoms with van der Waals surface area (Å²) in [6.07, 6.45) is -0.595. The molecule has 1 heterocycles. The third-order valence-corrected chi connectivity index (χ3v) is 7.10. The normalized spacial score (nSPS) is 30.1. The van der Waals surface area contributed by atoms with Crippen LogP contribution in [0.2, 0.25) is 0 Å². The highest BCUT2D eigenvalue weighted by Gasteiger charge is 2.75. The van der Waals surface area contributed by atoms with Crippen LogP contribution in [-0.4, -0.2) is 30.6 Å². The second kappa shape index (κ2) is 6.87. The minimum atomic E-state index is -1.26. The van der Waals surface area contributed by atoms with Crippen molar-refractivity contribution in [2.75, 3.05) is 6.61 Å². The molecule has 0 saturated carbocycles. The average molecular weight is 432 g/mol. The Morgan fingerprint density at radius 2 is 1.66 bits per heavy atom. The maximum atomic E-state index is 13.2. The van der Waals surface area contributed by atoms with Crippen molar-refractivity contribution < 1.29 is 28.6 Å². The van der Waals surface area contributed by atoms with Gasteiger partial charge >= 0.3 is 17.9 Å². The van der Waals surface area contributed by atoms with Gasteiger partial charge in [-0.25, -0.2) is 4.79 Å². The minimum Gasteiger partial charge on any atom is -0.457 e. The summed E-state index contributed by atoms with van der Waals surface area (Å²) in [6.45, 7) is 8.70. The molecule has 2 aromatic rings. The number of ether oxygens (including phenoxy) is 3. The zero-order valence-electron chi connectivity index (χ0n) is 18.2. The number of rotatable bonds is 5. The summed E-state index contributed by atoms with van der Waals surface area (Å²) in [5, 5.41) is 0. The number of carbonyl (C=O) groups excluding carboxylic acids is 3. The summed E-state index contributed by atoms with van der Waals surface area (Å²) in [7, 11) is 0. The molecule has 6 rings (SSSR count). The Labute approximate surface area is 186 Å². The predicted molar refractivity (Wildman–Crippen MR) is 115 cm³/mol. The van der Waals surface area contributed by atoms with E-state index in [0.29, 0.717) is 5.57 Å². The van der Waals surface area contributed by atoms with Crippen LogP contribution >= 0.6 is 0 Å². The van der Waals surface area contributed by atoms with Crippen molar-refractivity contribution in [1.82, 2.24) is 0 Å². The van der Waals surface area contributed by atoms with E-state index in [-0.39, 0.29) is 12.5 Å². The van der Waals surface area contributed by atoms with Gasteiger partial charge in [0, 0.05) is 11.5 Å². The van der Waals surface area contributed by atoms with E-state index < -0.39 is 40.9 Å². The van der Waals surface area contributed by atoms with Gasteiger partial charge in [-0.3, -0.25) is 9.59 Å². The summed E-state index contributed by atoms with van der Waals surface area (Å²) < 4.78 is 17.3. The van der Waals surface area contributed by atoms with Crippen LogP contribution in [0.15, 0.2) is 60.7 Å². The van der Waals surface area contributed by atoms with E-state index in [0.717, 1.165) is 22.3 Å². The second-order valence-corrected chi connectivity index (χ2v) is 9.03. The van der Waals surface area contributed by atoms with E-state index in [1.54, 1.807) is 20.8 Å². The molecule has 0 N–H and O–H groups in total. The van der Waals surface area contributed by atoms with Crippen molar-refractivity contribution >= 4 is 17.9 Å². The van der Waals surface area contributed by atoms with Crippen molar-refractivity contribution in [3.8, 4) is 0 Å². The Hall–Kier alpha value is -3.25. The van der Waals surface area contributed by atoms with Crippen LogP contribution in [0.3, 0.4) is 0 Å². The highest BCUT2D eigenvalue weighted by molar-refractivity contribution is 6.03. The van der Waals surface area contributed by atoms with E-state index in [2.05, 4.69) is 6.58 Å². The van der Waals surface area contributed by atoms with Crippen LogP contribution in [0.1, 0.15) is 48.9 Å². The molecule has 32 heavy (non-hydrogen) atoms. The fraction of sp³-hybridized carbons (Fsp3) is 0.346. The molecule has 2 bridgehead atoms. The smallest absolute Gasteiger partial charge is 0.333 e. The number of cyclic esters (lactones) is 2. The van der Waals surface area contributed by atoms with Gasteiger partial charge in [-0.2, -0.15) is 0 Å². The first kappa shape index (κ1) is 20.6. The van der Waals surface area contributed by atoms with Crippen molar-refractivity contribution in [3.63, 3.8) is 0 Å². The minimum absolute atomic E-state index is 0.0239. The molecule has 1 saturated heterocycles. The predicted octanol–water partition coefficient (Wildman–Crippen LogP) is 3.62. The van der Waals surface area contributed by atoms with Crippen LogP contribution < -0.4 is 0 Å². The van der Waals surface area contributed by atoms with Crippen molar-refractivity contribution in [2.24, 2.45) is 11.3 Å². The van der Waals surface area contributed by atoms with Gasteiger partial charge < -0.3 is 14.2 Å². The molecule has 164 valence electrons. The van der Waals surface area contributed by atoms with Gasteiger partial charge in [-0.15, -0.1) is 0 Å². The lowest BCUT2D eigenvalue weighted by Gasteiger charge is -2.58. The summed E-state index contributed by atoms with van der Waals surface area (Å²) in [5.41, 5.74) is 1.36. The summed E-state index contributed by atoms with van der Waals surface area (Å²) >= 11 is 0. The van der Waals surface area contributed by atoms with Crippen LogP contribution in [0.4, 0.5) is 0 Å². The fourth-order valence-electron chi connectivity index (χ4n) is 5.73. The number of carbonyl (C=O) groups is 3. The maximum Gasteiger partial charge on any atom is 0.333 e. The first-order valence-electron chi connectivity index (χ1n) is 10.7. The third kappa shape index (κ3) is 2.41. The van der Waals surface area contributed by atoms with E-state index in [1.807, 2.05) is 48.5 Å². The maximum absolute atomic E-state index is 13.2. The van der Waals surface area contributed by atoms with Gasteiger partial charge in [-0.05, 0) is 43.0 Å². The lowest BCUT2D eigenvalue weighted by Crippen LogP contribution is -2.62. The Kier molecular flexibility index (Phi) is 4.43. The number of benzene rings is 2. The summed E-state index contributed by atoms with van der Waals surface area (Å²) in [6, 6.07) is 15.5. The second-order valence-electron chi connectivity index (χ2n) is 9.03. The lowest BCUT2D eigenvalue weighted by atomic mass is 9.46. The quantitative estimate of drug-likeness (QED) is 0.408. The molecule has 0 amide bonds. The van der Waals surface area contributed by atoms with E-state index in [9.17, 15) is 14.4 Å². The molecular weight excluding hydrogens is 408 g/mol. The van der Waals surface area contributed by atoms with Crippen LogP contribution in [-0.2, 0) is 34.2 Å². The van der Waals surface area contributed by atoms with E-state index in [1.165, 1.54) is 0 Å². The van der Waals surface area contributed by atoms with Gasteiger partial charge in [-0.1, -0.05) is 55.1 Å². The monoisotopic (exact) mass is 432 g/mol. The van der Waals surface area contributed by atoms with Gasteiger partial charge in [0.2, 0.25) is 0 Å². The molecule has 0 aromatic heterocycles. The molecule has 2 aromatic carbocycles. The third-order valence-electron chi connectivity index (χ3n) is 7.10.